The molecule has 1 heterocycles. The van der Waals surface area contributed by atoms with Crippen LogP contribution >= 0.6 is 0 Å². The molecule has 0 saturated carbocycles. The maximum atomic E-state index is 5.51. The summed E-state index contributed by atoms with van der Waals surface area (Å²) in [4.78, 5) is 4.32. The summed E-state index contributed by atoms with van der Waals surface area (Å²) in [5.74, 6) is 0.252. The number of methoxy groups -OCH3 is 2. The van der Waals surface area contributed by atoms with Crippen LogP contribution in [0.2, 0.25) is 0 Å². The normalized spacial score (nSPS) is 14.4. The second-order valence-electron chi connectivity index (χ2n) is 3.65. The third-order valence-electron chi connectivity index (χ3n) is 2.51. The fourth-order valence-corrected chi connectivity index (χ4v) is 1.81. The van der Waals surface area contributed by atoms with Gasteiger partial charge in [-0.25, -0.2) is 0 Å². The van der Waals surface area contributed by atoms with Crippen molar-refractivity contribution in [3.8, 4) is 0 Å². The molecule has 0 spiro atoms. The number of nitrogens with zero attached hydrogens (tertiary/aromatic N) is 1. The lowest BCUT2D eigenvalue weighted by Crippen LogP contribution is -2.20. The van der Waals surface area contributed by atoms with Crippen molar-refractivity contribution in [1.29, 1.82) is 0 Å². The molecule has 0 aliphatic rings. The van der Waals surface area contributed by atoms with Crippen LogP contribution in [0.4, 0.5) is 0 Å². The number of hydrogen-bond donors (Lipinski definition) is 0. The van der Waals surface area contributed by atoms with Gasteiger partial charge in [0.05, 0.1) is 12.3 Å². The minimum Gasteiger partial charge on any atom is -0.384 e. The summed E-state index contributed by atoms with van der Waals surface area (Å²) in [6.07, 6.45) is 4.47. The summed E-state index contributed by atoms with van der Waals surface area (Å²) < 4.78 is 10.7. The maximum absolute atomic E-state index is 5.51. The van der Waals surface area contributed by atoms with Crippen molar-refractivity contribution in [2.75, 3.05) is 20.8 Å². The van der Waals surface area contributed by atoms with Gasteiger partial charge in [0.1, 0.15) is 6.10 Å². The highest BCUT2D eigenvalue weighted by Gasteiger charge is 2.22. The van der Waals surface area contributed by atoms with Gasteiger partial charge in [0.25, 0.3) is 0 Å². The molecule has 0 N–H and O–H groups in total. The van der Waals surface area contributed by atoms with E-state index in [0.29, 0.717) is 6.61 Å². The molecule has 2 unspecified atom stereocenters. The molecule has 0 radical (unpaired) electrons. The lowest BCUT2D eigenvalue weighted by molar-refractivity contribution is 0.0117. The Morgan fingerprint density at radius 3 is 2.75 bits per heavy atom. The van der Waals surface area contributed by atoms with Gasteiger partial charge in [-0.3, -0.25) is 4.98 Å². The first-order valence-electron chi connectivity index (χ1n) is 5.37. The molecule has 1 rings (SSSR count). The Balaban J connectivity index is 2.81. The van der Waals surface area contributed by atoms with Crippen LogP contribution < -0.4 is 0 Å². The molecule has 88 valence electrons. The van der Waals surface area contributed by atoms with E-state index in [2.05, 4.69) is 11.6 Å². The van der Waals surface area contributed by atoms with Gasteiger partial charge in [0.15, 0.2) is 0 Å². The van der Waals surface area contributed by atoms with E-state index in [-0.39, 0.29) is 12.0 Å². The summed E-state index contributed by atoms with van der Waals surface area (Å²) in [6.45, 7) is 4.40. The van der Waals surface area contributed by atoms with E-state index in [1.807, 2.05) is 24.3 Å². The predicted molar refractivity (Wildman–Crippen MR) is 64.2 cm³/mol. The number of aromatic nitrogens is 1. The SMILES string of the molecule is C=CCC(COC)C(OC)c1ccccn1. The molecule has 1 aromatic rings. The average molecular weight is 221 g/mol. The Labute approximate surface area is 97.1 Å². The van der Waals surface area contributed by atoms with Gasteiger partial charge in [-0.15, -0.1) is 6.58 Å². The molecule has 16 heavy (non-hydrogen) atoms. The lowest BCUT2D eigenvalue weighted by Gasteiger charge is -2.23. The zero-order valence-corrected chi connectivity index (χ0v) is 9.93. The number of allylic oxidation sites excluding steroid dienone is 1. The highest BCUT2D eigenvalue weighted by atomic mass is 16.5. The molecule has 3 heteroatoms. The Morgan fingerprint density at radius 1 is 1.44 bits per heavy atom. The number of pyridine rings is 1. The standard InChI is InChI=1S/C13H19NO2/c1-4-7-11(10-15-2)13(16-3)12-8-5-6-9-14-12/h4-6,8-9,11,13H,1,7,10H2,2-3H3. The lowest BCUT2D eigenvalue weighted by atomic mass is 9.96. The van der Waals surface area contributed by atoms with Crippen LogP contribution in [0.25, 0.3) is 0 Å². The molecule has 0 fully saturated rings. The van der Waals surface area contributed by atoms with Crippen LogP contribution in [0.1, 0.15) is 18.2 Å². The van der Waals surface area contributed by atoms with E-state index >= 15 is 0 Å². The van der Waals surface area contributed by atoms with Crippen molar-refractivity contribution < 1.29 is 9.47 Å². The fraction of sp³-hybridized carbons (Fsp3) is 0.462. The van der Waals surface area contributed by atoms with Crippen molar-refractivity contribution in [2.45, 2.75) is 12.5 Å². The van der Waals surface area contributed by atoms with E-state index in [1.165, 1.54) is 0 Å². The Bertz CT molecular complexity index is 300. The van der Waals surface area contributed by atoms with Gasteiger partial charge < -0.3 is 9.47 Å². The summed E-state index contributed by atoms with van der Waals surface area (Å²) in [5, 5.41) is 0. The van der Waals surface area contributed by atoms with E-state index < -0.39 is 0 Å². The minimum absolute atomic E-state index is 0.0425. The van der Waals surface area contributed by atoms with Crippen molar-refractivity contribution in [1.82, 2.24) is 4.98 Å². The van der Waals surface area contributed by atoms with Crippen molar-refractivity contribution in [3.63, 3.8) is 0 Å². The van der Waals surface area contributed by atoms with Crippen LogP contribution in [-0.4, -0.2) is 25.8 Å². The molecule has 1 aromatic heterocycles. The zero-order chi connectivity index (χ0) is 11.8. The summed E-state index contributed by atoms with van der Waals surface area (Å²) in [7, 11) is 3.40. The van der Waals surface area contributed by atoms with Crippen LogP contribution in [-0.2, 0) is 9.47 Å². The Hall–Kier alpha value is -1.19. The summed E-state index contributed by atoms with van der Waals surface area (Å²) >= 11 is 0. The maximum Gasteiger partial charge on any atom is 0.104 e. The molecule has 0 aromatic carbocycles. The van der Waals surface area contributed by atoms with Gasteiger partial charge in [-0.2, -0.15) is 0 Å². The molecule has 0 aliphatic carbocycles. The zero-order valence-electron chi connectivity index (χ0n) is 9.93. The van der Waals surface area contributed by atoms with E-state index in [0.717, 1.165) is 12.1 Å². The average Bonchev–Trinajstić information content (AvgIpc) is 2.32. The van der Waals surface area contributed by atoms with Crippen LogP contribution in [0, 0.1) is 5.92 Å². The molecular weight excluding hydrogens is 202 g/mol. The smallest absolute Gasteiger partial charge is 0.104 e. The molecule has 0 amide bonds. The van der Waals surface area contributed by atoms with Crippen molar-refractivity contribution >= 4 is 0 Å². The van der Waals surface area contributed by atoms with Gasteiger partial charge in [0, 0.05) is 26.3 Å². The monoisotopic (exact) mass is 221 g/mol. The molecule has 0 aliphatic heterocycles. The van der Waals surface area contributed by atoms with Crippen molar-refractivity contribution in [2.24, 2.45) is 5.92 Å². The molecular formula is C13H19NO2. The van der Waals surface area contributed by atoms with Gasteiger partial charge in [-0.05, 0) is 18.6 Å². The van der Waals surface area contributed by atoms with E-state index in [9.17, 15) is 0 Å². The third-order valence-corrected chi connectivity index (χ3v) is 2.51. The van der Waals surface area contributed by atoms with Crippen LogP contribution in [0.5, 0.6) is 0 Å². The highest BCUT2D eigenvalue weighted by molar-refractivity contribution is 5.08. The van der Waals surface area contributed by atoms with E-state index in [4.69, 9.17) is 9.47 Å². The van der Waals surface area contributed by atoms with Crippen LogP contribution in [0.15, 0.2) is 37.1 Å². The second-order valence-corrected chi connectivity index (χ2v) is 3.65. The topological polar surface area (TPSA) is 31.4 Å². The number of rotatable bonds is 7. The molecule has 3 nitrogen and oxygen atoms in total. The number of ether oxygens (including phenoxy) is 2. The first-order valence-corrected chi connectivity index (χ1v) is 5.37. The largest absolute Gasteiger partial charge is 0.384 e. The predicted octanol–water partition coefficient (Wildman–Crippen LogP) is 2.61. The molecule has 0 saturated heterocycles. The number of hydrogen-bond acceptors (Lipinski definition) is 3. The second kappa shape index (κ2) is 7.14. The summed E-state index contributed by atoms with van der Waals surface area (Å²) in [6, 6.07) is 5.83. The first kappa shape index (κ1) is 12.9. The first-order chi connectivity index (χ1) is 7.83. The van der Waals surface area contributed by atoms with Gasteiger partial charge in [-0.1, -0.05) is 12.1 Å². The quantitative estimate of drug-likeness (QED) is 0.663. The Kier molecular flexibility index (Phi) is 5.75. The molecule has 2 atom stereocenters. The van der Waals surface area contributed by atoms with Crippen LogP contribution in [0.3, 0.4) is 0 Å². The Morgan fingerprint density at radius 2 is 2.25 bits per heavy atom. The van der Waals surface area contributed by atoms with Gasteiger partial charge >= 0.3 is 0 Å². The minimum atomic E-state index is -0.0425. The van der Waals surface area contributed by atoms with E-state index in [1.54, 1.807) is 20.4 Å². The van der Waals surface area contributed by atoms with Crippen molar-refractivity contribution in [3.05, 3.63) is 42.7 Å². The third kappa shape index (κ3) is 3.43. The van der Waals surface area contributed by atoms with Gasteiger partial charge in [0.2, 0.25) is 0 Å². The highest BCUT2D eigenvalue weighted by Crippen LogP contribution is 2.26. The summed E-state index contributed by atoms with van der Waals surface area (Å²) in [5.41, 5.74) is 0.939. The fourth-order valence-electron chi connectivity index (χ4n) is 1.81. The molecule has 0 bridgehead atoms.